The van der Waals surface area contributed by atoms with E-state index in [0.29, 0.717) is 30.6 Å². The van der Waals surface area contributed by atoms with E-state index in [-0.39, 0.29) is 30.6 Å². The lowest BCUT2D eigenvalue weighted by Gasteiger charge is -2.42. The minimum absolute atomic E-state index is 0.0542. The Balaban J connectivity index is 1.60. The van der Waals surface area contributed by atoms with Gasteiger partial charge in [-0.1, -0.05) is 24.3 Å². The maximum Gasteiger partial charge on any atom is 0.315 e. The van der Waals surface area contributed by atoms with Crippen LogP contribution in [0.4, 0.5) is 4.79 Å². The molecule has 1 fully saturated rings. The molecule has 2 aromatic rings. The van der Waals surface area contributed by atoms with Crippen molar-refractivity contribution in [2.75, 3.05) is 19.6 Å². The van der Waals surface area contributed by atoms with Crippen molar-refractivity contribution in [2.24, 2.45) is 5.73 Å². The largest absolute Gasteiger partial charge is 0.392 e. The number of urea groups is 1. The van der Waals surface area contributed by atoms with Gasteiger partial charge in [0.05, 0.1) is 18.2 Å². The molecule has 0 saturated carbocycles. The molecule has 0 radical (unpaired) electrons. The third-order valence-electron chi connectivity index (χ3n) is 6.03. The maximum absolute atomic E-state index is 12.8. The van der Waals surface area contributed by atoms with Crippen LogP contribution in [0.15, 0.2) is 41.5 Å². The number of carbonyl (C=O) groups excluding carboxylic acids is 1. The Labute approximate surface area is 187 Å². The van der Waals surface area contributed by atoms with Crippen molar-refractivity contribution in [3.05, 3.63) is 63.8 Å². The highest BCUT2D eigenvalue weighted by Gasteiger charge is 2.37. The van der Waals surface area contributed by atoms with Gasteiger partial charge in [-0.15, -0.1) is 0 Å². The van der Waals surface area contributed by atoms with Crippen molar-refractivity contribution in [2.45, 2.75) is 57.2 Å². The minimum atomic E-state index is -1.99. The summed E-state index contributed by atoms with van der Waals surface area (Å²) in [6, 6.07) is 4.84. The number of aliphatic hydroxyl groups is 1. The van der Waals surface area contributed by atoms with Gasteiger partial charge in [-0.05, 0) is 43.7 Å². The molecule has 8 nitrogen and oxygen atoms in total. The van der Waals surface area contributed by atoms with Crippen LogP contribution in [0.5, 0.6) is 0 Å². The molecule has 2 unspecified atom stereocenters. The molecular weight excluding hydrogens is 394 g/mol. The van der Waals surface area contributed by atoms with Gasteiger partial charge in [0.2, 0.25) is 0 Å². The van der Waals surface area contributed by atoms with Crippen molar-refractivity contribution in [1.29, 1.82) is 0 Å². The summed E-state index contributed by atoms with van der Waals surface area (Å²) in [5, 5.41) is 11.1. The zero-order chi connectivity index (χ0) is 25.5. The van der Waals surface area contributed by atoms with Crippen molar-refractivity contribution in [1.82, 2.24) is 19.4 Å². The van der Waals surface area contributed by atoms with Gasteiger partial charge >= 0.3 is 6.03 Å². The molecule has 0 spiro atoms. The number of aliphatic hydroxyl groups excluding tert-OH is 1. The van der Waals surface area contributed by atoms with Gasteiger partial charge in [0.1, 0.15) is 5.69 Å². The van der Waals surface area contributed by atoms with E-state index in [4.69, 9.17) is 11.2 Å². The molecular formula is C23H31N5O3. The lowest BCUT2D eigenvalue weighted by molar-refractivity contribution is 0.0455. The van der Waals surface area contributed by atoms with Crippen molar-refractivity contribution in [3.63, 3.8) is 0 Å². The summed E-state index contributed by atoms with van der Waals surface area (Å²) in [5.74, 6) is 0. The smallest absolute Gasteiger partial charge is 0.315 e. The number of piperidine rings is 1. The Bertz CT molecular complexity index is 1160. The van der Waals surface area contributed by atoms with Gasteiger partial charge in [0.15, 0.2) is 0 Å². The number of rotatable bonds is 5. The number of aromatic nitrogens is 2. The van der Waals surface area contributed by atoms with Gasteiger partial charge in [-0.25, -0.2) is 4.79 Å². The van der Waals surface area contributed by atoms with Gasteiger partial charge in [0, 0.05) is 44.0 Å². The predicted molar refractivity (Wildman–Crippen MR) is 118 cm³/mol. The molecule has 4 rings (SSSR count). The second-order valence-electron chi connectivity index (χ2n) is 8.14. The van der Waals surface area contributed by atoms with Gasteiger partial charge in [-0.3, -0.25) is 14.7 Å². The number of fused-ring (bicyclic) bond motifs is 1. The Morgan fingerprint density at radius 2 is 2.13 bits per heavy atom. The molecule has 3 atom stereocenters. The first kappa shape index (κ1) is 16.9. The number of aryl methyl sites for hydroxylation is 1. The fraction of sp³-hybridized carbons (Fsp3) is 0.522. The maximum atomic E-state index is 12.8. The normalized spacial score (nSPS) is 27.9. The van der Waals surface area contributed by atoms with Crippen molar-refractivity contribution >= 4 is 6.03 Å². The van der Waals surface area contributed by atoms with E-state index in [9.17, 15) is 14.7 Å². The van der Waals surface area contributed by atoms with Crippen LogP contribution in [0.25, 0.3) is 0 Å². The average molecular weight is 430 g/mol. The van der Waals surface area contributed by atoms with Crippen molar-refractivity contribution < 1.29 is 15.4 Å². The highest BCUT2D eigenvalue weighted by molar-refractivity contribution is 5.72. The van der Waals surface area contributed by atoms with Crippen LogP contribution in [-0.4, -0.2) is 62.3 Å². The topological polar surface area (TPSA) is 105 Å². The first-order chi connectivity index (χ1) is 16.4. The Morgan fingerprint density at radius 3 is 2.90 bits per heavy atom. The van der Waals surface area contributed by atoms with E-state index in [1.807, 2.05) is 0 Å². The number of β-amino-alcohol motifs (C(OH)–C–C–N with tert-alkyl or cyclic N) is 1. The van der Waals surface area contributed by atoms with Crippen LogP contribution >= 0.6 is 0 Å². The van der Waals surface area contributed by atoms with Crippen LogP contribution in [0.2, 0.25) is 0 Å². The zero-order valence-corrected chi connectivity index (χ0v) is 17.6. The molecule has 2 aliphatic heterocycles. The summed E-state index contributed by atoms with van der Waals surface area (Å²) in [6.45, 7) is -0.368. The van der Waals surface area contributed by atoms with Gasteiger partial charge in [-0.2, -0.15) is 0 Å². The van der Waals surface area contributed by atoms with Crippen molar-refractivity contribution in [3.8, 4) is 0 Å². The van der Waals surface area contributed by atoms with E-state index in [2.05, 4.69) is 4.98 Å². The molecule has 0 aliphatic carbocycles. The molecule has 0 bridgehead atoms. The standard InChI is InChI=1S/C23H31N5O3/c1-16-22(30)27(12-9-25-16)20-7-4-10-28(23(24)31)21(20)13-19(29)15-26-11-8-17-5-2-3-6-18(17)14-26/h2-3,5-6,9,12,19-21,29H,4,7-8,10-11,13-15H2,1H3,(H2,24,31)/t19-,20?,21?/m0/s1/i8D2,14D2. The number of amides is 2. The zero-order valence-electron chi connectivity index (χ0n) is 21.6. The first-order valence-corrected chi connectivity index (χ1v) is 10.6. The van der Waals surface area contributed by atoms with Crippen LogP contribution in [-0.2, 0) is 12.9 Å². The molecule has 1 aromatic heterocycles. The van der Waals surface area contributed by atoms with E-state index in [1.54, 1.807) is 37.4 Å². The fourth-order valence-electron chi connectivity index (χ4n) is 4.55. The van der Waals surface area contributed by atoms with Gasteiger partial charge in [0.25, 0.3) is 5.56 Å². The Kier molecular flexibility index (Phi) is 5.02. The lowest BCUT2D eigenvalue weighted by atomic mass is 9.91. The minimum Gasteiger partial charge on any atom is -0.392 e. The number of nitrogens with zero attached hydrogens (tertiary/aromatic N) is 4. The first-order valence-electron chi connectivity index (χ1n) is 12.6. The lowest BCUT2D eigenvalue weighted by Crippen LogP contribution is -2.54. The summed E-state index contributed by atoms with van der Waals surface area (Å²) < 4.78 is 35.8. The average Bonchev–Trinajstić information content (AvgIpc) is 2.79. The number of likely N-dealkylation sites (tertiary alicyclic amines) is 1. The quantitative estimate of drug-likeness (QED) is 0.748. The van der Waals surface area contributed by atoms with Crippen LogP contribution < -0.4 is 11.3 Å². The summed E-state index contributed by atoms with van der Waals surface area (Å²) in [6.07, 6.45) is 1.49. The summed E-state index contributed by atoms with van der Waals surface area (Å²) >= 11 is 0. The van der Waals surface area contributed by atoms with E-state index < -0.39 is 37.1 Å². The fourth-order valence-corrected chi connectivity index (χ4v) is 4.55. The number of nitrogens with two attached hydrogens (primary N) is 1. The highest BCUT2D eigenvalue weighted by atomic mass is 16.3. The highest BCUT2D eigenvalue weighted by Crippen LogP contribution is 2.30. The number of carbonyl (C=O) groups is 1. The van der Waals surface area contributed by atoms with Gasteiger partial charge < -0.3 is 20.3 Å². The molecule has 3 N–H and O–H groups in total. The molecule has 1 saturated heterocycles. The molecule has 2 aliphatic rings. The van der Waals surface area contributed by atoms with E-state index in [1.165, 1.54) is 20.6 Å². The Morgan fingerprint density at radius 1 is 1.35 bits per heavy atom. The Hall–Kier alpha value is -2.71. The second-order valence-corrected chi connectivity index (χ2v) is 8.14. The summed E-state index contributed by atoms with van der Waals surface area (Å²) in [7, 11) is 0. The van der Waals surface area contributed by atoms with E-state index >= 15 is 0 Å². The monoisotopic (exact) mass is 429 g/mol. The number of primary amides is 1. The van der Waals surface area contributed by atoms with Crippen LogP contribution in [0.1, 0.15) is 47.6 Å². The number of benzene rings is 1. The van der Waals surface area contributed by atoms with Crippen LogP contribution in [0, 0.1) is 6.92 Å². The van der Waals surface area contributed by atoms with Crippen LogP contribution in [0.3, 0.4) is 0 Å². The molecule has 1 aromatic carbocycles. The predicted octanol–water partition coefficient (Wildman–Crippen LogP) is 1.45. The number of hydrogen-bond acceptors (Lipinski definition) is 5. The third kappa shape index (κ3) is 4.65. The summed E-state index contributed by atoms with van der Waals surface area (Å²) in [4.78, 5) is 31.8. The van der Waals surface area contributed by atoms with E-state index in [0.717, 1.165) is 0 Å². The summed E-state index contributed by atoms with van der Waals surface area (Å²) in [5.41, 5.74) is 6.22. The number of hydrogen-bond donors (Lipinski definition) is 2. The second kappa shape index (κ2) is 9.20. The molecule has 8 heteroatoms. The third-order valence-corrected chi connectivity index (χ3v) is 6.03. The molecule has 3 heterocycles. The molecule has 166 valence electrons. The SMILES string of the molecule is [2H]C1([2H])CN(C[C@@H](O)CC2C(n3ccnc(C)c3=O)CCCN2C(N)=O)C([2H])([2H])c2ccccc21. The molecule has 2 amide bonds. The molecule has 31 heavy (non-hydrogen) atoms.